The lowest BCUT2D eigenvalue weighted by Gasteiger charge is -2.16. The third-order valence-electron chi connectivity index (χ3n) is 2.88. The number of allylic oxidation sites excluding steroid dienone is 2. The zero-order chi connectivity index (χ0) is 18.8. The van der Waals surface area contributed by atoms with E-state index in [-0.39, 0.29) is 0 Å². The maximum atomic E-state index is 10.2. The van der Waals surface area contributed by atoms with Gasteiger partial charge >= 0.3 is 12.1 Å². The molecule has 0 saturated carbocycles. The number of unbranched alkanes of at least 4 members (excludes halogenated alkanes) is 6. The molecule has 0 fully saturated rings. The number of primary amides is 1. The molecule has 0 unspecified atom stereocenters. The zero-order valence-electron chi connectivity index (χ0n) is 15.4. The summed E-state index contributed by atoms with van der Waals surface area (Å²) in [7, 11) is 0. The van der Waals surface area contributed by atoms with E-state index in [1.54, 1.807) is 20.8 Å². The summed E-state index contributed by atoms with van der Waals surface area (Å²) in [5.74, 6) is 0.259. The van der Waals surface area contributed by atoms with E-state index < -0.39 is 17.7 Å². The fraction of sp³-hybridized carbons (Fsp3) is 0.778. The largest absolute Gasteiger partial charge is 0.481 e. The number of carbonyl (C=O) groups is 2. The van der Waals surface area contributed by atoms with Crippen LogP contribution < -0.4 is 5.73 Å². The van der Waals surface area contributed by atoms with E-state index in [4.69, 9.17) is 10.8 Å². The van der Waals surface area contributed by atoms with Crippen LogP contribution in [0.2, 0.25) is 0 Å². The van der Waals surface area contributed by atoms with Gasteiger partial charge in [0.1, 0.15) is 5.60 Å². The molecule has 0 rings (SSSR count). The maximum absolute atomic E-state index is 10.2. The molecule has 1 amide bonds. The topological polar surface area (TPSA) is 89.6 Å². The minimum atomic E-state index is -0.725. The van der Waals surface area contributed by atoms with Crippen molar-refractivity contribution in [1.82, 2.24) is 0 Å². The van der Waals surface area contributed by atoms with Crippen molar-refractivity contribution in [2.24, 2.45) is 5.73 Å². The lowest BCUT2D eigenvalue weighted by molar-refractivity contribution is -0.137. The zero-order valence-corrected chi connectivity index (χ0v) is 16.3. The number of thiol groups is 1. The number of rotatable bonds is 11. The number of carboxylic acids is 1. The number of ether oxygens (including phenoxy) is 1. The Labute approximate surface area is 152 Å². The smallest absolute Gasteiger partial charge is 0.405 e. The summed E-state index contributed by atoms with van der Waals surface area (Å²) in [6.07, 6.45) is 13.1. The Bertz CT molecular complexity index is 351. The van der Waals surface area contributed by atoms with Gasteiger partial charge < -0.3 is 15.6 Å². The highest BCUT2D eigenvalue weighted by Crippen LogP contribution is 2.09. The molecule has 0 radical (unpaired) electrons. The molecular formula is C18H35NO4S. The first kappa shape index (κ1) is 25.1. The van der Waals surface area contributed by atoms with Gasteiger partial charge in [-0.1, -0.05) is 37.8 Å². The van der Waals surface area contributed by atoms with E-state index in [9.17, 15) is 9.59 Å². The quantitative estimate of drug-likeness (QED) is 0.276. The van der Waals surface area contributed by atoms with Crippen molar-refractivity contribution < 1.29 is 19.4 Å². The normalized spacial score (nSPS) is 11.0. The Morgan fingerprint density at radius 2 is 1.50 bits per heavy atom. The Balaban J connectivity index is 0. The molecule has 0 aromatic rings. The maximum Gasteiger partial charge on any atom is 0.405 e. The van der Waals surface area contributed by atoms with Gasteiger partial charge in [0.15, 0.2) is 0 Å². The molecule has 0 aromatic heterocycles. The van der Waals surface area contributed by atoms with Crippen molar-refractivity contribution in [2.75, 3.05) is 5.75 Å². The highest BCUT2D eigenvalue weighted by Gasteiger charge is 2.12. The van der Waals surface area contributed by atoms with E-state index >= 15 is 0 Å². The fourth-order valence-electron chi connectivity index (χ4n) is 1.86. The number of nitrogens with two attached hydrogens (primary N) is 1. The number of carbonyl (C=O) groups excluding carboxylic acids is 1. The van der Waals surface area contributed by atoms with Gasteiger partial charge in [0.25, 0.3) is 0 Å². The summed E-state index contributed by atoms with van der Waals surface area (Å²) < 4.78 is 4.58. The fourth-order valence-corrected chi connectivity index (χ4v) is 2.01. The van der Waals surface area contributed by atoms with E-state index in [1.165, 1.54) is 32.1 Å². The van der Waals surface area contributed by atoms with Gasteiger partial charge in [0, 0.05) is 6.42 Å². The summed E-state index contributed by atoms with van der Waals surface area (Å²) in [4.78, 5) is 20.3. The van der Waals surface area contributed by atoms with Gasteiger partial charge in [-0.25, -0.2) is 4.79 Å². The first-order chi connectivity index (χ1) is 11.2. The number of aliphatic carboxylic acids is 1. The van der Waals surface area contributed by atoms with Crippen molar-refractivity contribution >= 4 is 24.7 Å². The summed E-state index contributed by atoms with van der Waals surface area (Å²) in [5, 5.41) is 8.44. The van der Waals surface area contributed by atoms with Crippen LogP contribution in [-0.4, -0.2) is 28.5 Å². The van der Waals surface area contributed by atoms with Crippen LogP contribution in [0, 0.1) is 0 Å². The molecule has 0 heterocycles. The average molecular weight is 362 g/mol. The van der Waals surface area contributed by atoms with Crippen LogP contribution >= 0.6 is 12.6 Å². The van der Waals surface area contributed by atoms with E-state index in [0.717, 1.165) is 25.0 Å². The van der Waals surface area contributed by atoms with Gasteiger partial charge in [0.2, 0.25) is 0 Å². The lowest BCUT2D eigenvalue weighted by atomic mass is 10.1. The van der Waals surface area contributed by atoms with E-state index in [2.05, 4.69) is 29.5 Å². The standard InChI is InChI=1S/C13H24O2S.C5H11NO2/c14-13(15)11-9-7-5-3-1-2-4-6-8-10-12-16;1-5(2,3)8-4(6)7/h6,8,16H,1-5,7,9-12H2,(H,14,15);1-3H3,(H2,6,7)/b8-6+;. The molecule has 0 spiro atoms. The predicted octanol–water partition coefficient (Wildman–Crippen LogP) is 4.95. The van der Waals surface area contributed by atoms with Gasteiger partial charge in [0.05, 0.1) is 0 Å². The number of amides is 1. The first-order valence-electron chi connectivity index (χ1n) is 8.65. The second-order valence-corrected chi connectivity index (χ2v) is 7.02. The molecular weight excluding hydrogens is 326 g/mol. The van der Waals surface area contributed by atoms with Crippen molar-refractivity contribution in [1.29, 1.82) is 0 Å². The van der Waals surface area contributed by atoms with Crippen LogP contribution in [0.3, 0.4) is 0 Å². The SMILES string of the molecule is CC(C)(C)OC(N)=O.O=C(O)CCCCCCCC/C=C/CCS. The Hall–Kier alpha value is -1.17. The Morgan fingerprint density at radius 1 is 1.00 bits per heavy atom. The van der Waals surface area contributed by atoms with E-state index in [0.29, 0.717) is 6.42 Å². The van der Waals surface area contributed by atoms with Crippen molar-refractivity contribution in [3.8, 4) is 0 Å². The highest BCUT2D eigenvalue weighted by atomic mass is 32.1. The third-order valence-corrected chi connectivity index (χ3v) is 3.14. The highest BCUT2D eigenvalue weighted by molar-refractivity contribution is 7.80. The molecule has 24 heavy (non-hydrogen) atoms. The monoisotopic (exact) mass is 361 g/mol. The van der Waals surface area contributed by atoms with Gasteiger partial charge in [-0.3, -0.25) is 4.79 Å². The van der Waals surface area contributed by atoms with Crippen LogP contribution in [-0.2, 0) is 9.53 Å². The molecule has 0 bridgehead atoms. The molecule has 6 heteroatoms. The van der Waals surface area contributed by atoms with Crippen LogP contribution in [0.1, 0.15) is 78.6 Å². The molecule has 0 atom stereocenters. The van der Waals surface area contributed by atoms with Gasteiger partial charge in [-0.05, 0) is 52.2 Å². The van der Waals surface area contributed by atoms with Crippen molar-refractivity contribution in [3.05, 3.63) is 12.2 Å². The Kier molecular flexibility index (Phi) is 17.4. The van der Waals surface area contributed by atoms with Crippen molar-refractivity contribution in [2.45, 2.75) is 84.2 Å². The van der Waals surface area contributed by atoms with Crippen LogP contribution in [0.15, 0.2) is 12.2 Å². The van der Waals surface area contributed by atoms with E-state index in [1.807, 2.05) is 0 Å². The Morgan fingerprint density at radius 3 is 1.92 bits per heavy atom. The lowest BCUT2D eigenvalue weighted by Crippen LogP contribution is -2.27. The molecule has 0 aliphatic carbocycles. The number of carboxylic acid groups (broad SMARTS) is 1. The molecule has 142 valence electrons. The van der Waals surface area contributed by atoms with Gasteiger partial charge in [-0.2, -0.15) is 12.6 Å². The number of hydrogen-bond donors (Lipinski definition) is 3. The minimum Gasteiger partial charge on any atom is -0.481 e. The van der Waals surface area contributed by atoms with Crippen LogP contribution in [0.5, 0.6) is 0 Å². The summed E-state index contributed by atoms with van der Waals surface area (Å²) in [6, 6.07) is 0. The molecule has 0 aliphatic heterocycles. The predicted molar refractivity (Wildman–Crippen MR) is 103 cm³/mol. The molecule has 0 saturated heterocycles. The third kappa shape index (κ3) is 28.9. The summed E-state index contributed by atoms with van der Waals surface area (Å²) in [6.45, 7) is 5.28. The number of hydrogen-bond acceptors (Lipinski definition) is 4. The van der Waals surface area contributed by atoms with Crippen LogP contribution in [0.25, 0.3) is 0 Å². The molecule has 0 aliphatic rings. The molecule has 5 nitrogen and oxygen atoms in total. The second-order valence-electron chi connectivity index (χ2n) is 6.57. The summed E-state index contributed by atoms with van der Waals surface area (Å²) in [5.41, 5.74) is 4.26. The first-order valence-corrected chi connectivity index (χ1v) is 9.28. The van der Waals surface area contributed by atoms with Crippen LogP contribution in [0.4, 0.5) is 4.79 Å². The minimum absolute atomic E-state index is 0.326. The average Bonchev–Trinajstić information content (AvgIpc) is 2.42. The second kappa shape index (κ2) is 16.7. The summed E-state index contributed by atoms with van der Waals surface area (Å²) >= 11 is 4.13. The van der Waals surface area contributed by atoms with Crippen molar-refractivity contribution in [3.63, 3.8) is 0 Å². The van der Waals surface area contributed by atoms with Gasteiger partial charge in [-0.15, -0.1) is 0 Å². The molecule has 3 N–H and O–H groups in total. The molecule has 0 aromatic carbocycles.